The Kier molecular flexibility index (Phi) is 3.87. The third-order valence-electron chi connectivity index (χ3n) is 3.55. The fraction of sp³-hybridized carbons (Fsp3) is 0.188. The summed E-state index contributed by atoms with van der Waals surface area (Å²) < 4.78 is 1.17. The van der Waals surface area contributed by atoms with Crippen molar-refractivity contribution < 1.29 is 0 Å². The lowest BCUT2D eigenvalue weighted by Gasteiger charge is -2.26. The number of para-hydroxylation sites is 1. The standard InChI is InChI=1S/C16H16N6S/c1-2-6-14-13(5-1)20-16(23-14)21-15-18-10-22(11-19-15)9-12-4-3-7-17-8-12/h1-8H,9-11H2,(H2,18,19,20,21). The Bertz CT molecular complexity index is 796. The molecule has 116 valence electrons. The Labute approximate surface area is 137 Å². The highest BCUT2D eigenvalue weighted by molar-refractivity contribution is 7.22. The molecule has 1 aliphatic heterocycles. The van der Waals surface area contributed by atoms with Gasteiger partial charge in [-0.1, -0.05) is 29.5 Å². The number of anilines is 1. The number of nitrogens with zero attached hydrogens (tertiary/aromatic N) is 4. The Morgan fingerprint density at radius 2 is 2.17 bits per heavy atom. The van der Waals surface area contributed by atoms with Crippen molar-refractivity contribution in [2.45, 2.75) is 6.54 Å². The molecule has 0 amide bonds. The highest BCUT2D eigenvalue weighted by Crippen LogP contribution is 2.25. The van der Waals surface area contributed by atoms with Gasteiger partial charge in [0.05, 0.1) is 23.6 Å². The molecular weight excluding hydrogens is 308 g/mol. The molecule has 1 aliphatic rings. The van der Waals surface area contributed by atoms with E-state index in [1.165, 1.54) is 10.3 Å². The minimum absolute atomic E-state index is 0.648. The number of guanidine groups is 1. The Morgan fingerprint density at radius 1 is 1.22 bits per heavy atom. The maximum absolute atomic E-state index is 4.56. The number of hydrogen-bond donors (Lipinski definition) is 2. The van der Waals surface area contributed by atoms with Gasteiger partial charge in [0.2, 0.25) is 0 Å². The second-order valence-electron chi connectivity index (χ2n) is 5.28. The first-order valence-corrected chi connectivity index (χ1v) is 8.21. The van der Waals surface area contributed by atoms with Crippen LogP contribution in [0.25, 0.3) is 10.2 Å². The quantitative estimate of drug-likeness (QED) is 0.775. The summed E-state index contributed by atoms with van der Waals surface area (Å²) in [5, 5.41) is 7.41. The Balaban J connectivity index is 1.39. The van der Waals surface area contributed by atoms with Gasteiger partial charge in [0, 0.05) is 18.9 Å². The molecule has 7 heteroatoms. The maximum atomic E-state index is 4.56. The van der Waals surface area contributed by atoms with Gasteiger partial charge in [0.1, 0.15) is 0 Å². The van der Waals surface area contributed by atoms with Crippen molar-refractivity contribution in [2.75, 3.05) is 18.7 Å². The number of thiazole rings is 1. The van der Waals surface area contributed by atoms with E-state index >= 15 is 0 Å². The van der Waals surface area contributed by atoms with Crippen LogP contribution >= 0.6 is 11.3 Å². The van der Waals surface area contributed by atoms with Gasteiger partial charge in [-0.25, -0.2) is 9.98 Å². The van der Waals surface area contributed by atoms with E-state index in [4.69, 9.17) is 0 Å². The highest BCUT2D eigenvalue weighted by Gasteiger charge is 2.13. The van der Waals surface area contributed by atoms with E-state index in [0.717, 1.165) is 29.8 Å². The molecule has 0 saturated heterocycles. The van der Waals surface area contributed by atoms with Crippen LogP contribution in [-0.4, -0.2) is 34.2 Å². The molecule has 23 heavy (non-hydrogen) atoms. The number of benzene rings is 1. The van der Waals surface area contributed by atoms with Gasteiger partial charge in [-0.05, 0) is 23.8 Å². The SMILES string of the molecule is c1cncc(CN2CN=C(Nc3nc4ccccc4s3)NC2)c1. The van der Waals surface area contributed by atoms with E-state index in [1.807, 2.05) is 30.5 Å². The molecule has 0 bridgehead atoms. The minimum Gasteiger partial charge on any atom is -0.343 e. The lowest BCUT2D eigenvalue weighted by atomic mass is 10.3. The summed E-state index contributed by atoms with van der Waals surface area (Å²) in [6.45, 7) is 2.22. The first kappa shape index (κ1) is 14.1. The van der Waals surface area contributed by atoms with Crippen LogP contribution in [0.3, 0.4) is 0 Å². The average Bonchev–Trinajstić information content (AvgIpc) is 3.00. The Hall–Kier alpha value is -2.51. The van der Waals surface area contributed by atoms with Crippen molar-refractivity contribution in [1.82, 2.24) is 20.2 Å². The molecule has 0 unspecified atom stereocenters. The van der Waals surface area contributed by atoms with Crippen LogP contribution in [0.5, 0.6) is 0 Å². The van der Waals surface area contributed by atoms with Crippen LogP contribution in [0.15, 0.2) is 53.8 Å². The maximum Gasteiger partial charge on any atom is 0.199 e. The largest absolute Gasteiger partial charge is 0.343 e. The summed E-state index contributed by atoms with van der Waals surface area (Å²) in [5.74, 6) is 0.770. The van der Waals surface area contributed by atoms with Crippen molar-refractivity contribution in [3.05, 3.63) is 54.4 Å². The predicted molar refractivity (Wildman–Crippen MR) is 93.3 cm³/mol. The molecule has 1 aromatic carbocycles. The lowest BCUT2D eigenvalue weighted by Crippen LogP contribution is -2.45. The summed E-state index contributed by atoms with van der Waals surface area (Å²) in [5.41, 5.74) is 2.20. The molecule has 0 aliphatic carbocycles. The van der Waals surface area contributed by atoms with Crippen LogP contribution in [0.2, 0.25) is 0 Å². The fourth-order valence-electron chi connectivity index (χ4n) is 2.43. The molecule has 0 radical (unpaired) electrons. The molecule has 0 atom stereocenters. The molecule has 0 spiro atoms. The molecule has 3 heterocycles. The van der Waals surface area contributed by atoms with Crippen molar-refractivity contribution >= 4 is 32.6 Å². The molecule has 4 rings (SSSR count). The van der Waals surface area contributed by atoms with E-state index in [2.05, 4.69) is 42.6 Å². The van der Waals surface area contributed by atoms with E-state index in [0.29, 0.717) is 6.67 Å². The van der Waals surface area contributed by atoms with Crippen molar-refractivity contribution in [1.29, 1.82) is 0 Å². The van der Waals surface area contributed by atoms with Gasteiger partial charge in [-0.2, -0.15) is 0 Å². The molecular formula is C16H16N6S. The Morgan fingerprint density at radius 3 is 2.96 bits per heavy atom. The van der Waals surface area contributed by atoms with E-state index < -0.39 is 0 Å². The van der Waals surface area contributed by atoms with Crippen molar-refractivity contribution in [2.24, 2.45) is 4.99 Å². The van der Waals surface area contributed by atoms with Gasteiger partial charge in [-0.3, -0.25) is 9.88 Å². The van der Waals surface area contributed by atoms with Gasteiger partial charge >= 0.3 is 0 Å². The van der Waals surface area contributed by atoms with Gasteiger partial charge < -0.3 is 10.6 Å². The summed E-state index contributed by atoms with van der Waals surface area (Å²) in [4.78, 5) is 15.4. The monoisotopic (exact) mass is 324 g/mol. The smallest absolute Gasteiger partial charge is 0.199 e. The third kappa shape index (κ3) is 3.30. The van der Waals surface area contributed by atoms with Crippen LogP contribution in [0, 0.1) is 0 Å². The molecule has 0 fully saturated rings. The zero-order valence-electron chi connectivity index (χ0n) is 12.4. The number of pyridine rings is 1. The van der Waals surface area contributed by atoms with Crippen molar-refractivity contribution in [3.63, 3.8) is 0 Å². The van der Waals surface area contributed by atoms with Crippen LogP contribution in [0.4, 0.5) is 5.13 Å². The van der Waals surface area contributed by atoms with Gasteiger partial charge in [0.15, 0.2) is 11.1 Å². The molecule has 2 N–H and O–H groups in total. The van der Waals surface area contributed by atoms with Crippen LogP contribution < -0.4 is 10.6 Å². The minimum atomic E-state index is 0.648. The zero-order valence-corrected chi connectivity index (χ0v) is 13.3. The number of hydrogen-bond acceptors (Lipinski definition) is 7. The normalized spacial score (nSPS) is 15.2. The molecule has 3 aromatic rings. The second kappa shape index (κ2) is 6.31. The van der Waals surface area contributed by atoms with E-state index in [9.17, 15) is 0 Å². The van der Waals surface area contributed by atoms with Gasteiger partial charge in [0.25, 0.3) is 0 Å². The summed E-state index contributed by atoms with van der Waals surface area (Å²) in [7, 11) is 0. The number of aliphatic imine (C=N–C) groups is 1. The number of nitrogens with one attached hydrogen (secondary N) is 2. The molecule has 2 aromatic heterocycles. The third-order valence-corrected chi connectivity index (χ3v) is 4.50. The summed E-state index contributed by atoms with van der Waals surface area (Å²) >= 11 is 1.63. The predicted octanol–water partition coefficient (Wildman–Crippen LogP) is 2.48. The second-order valence-corrected chi connectivity index (χ2v) is 6.32. The van der Waals surface area contributed by atoms with Crippen LogP contribution in [0.1, 0.15) is 5.56 Å². The molecule has 0 saturated carbocycles. The number of aromatic nitrogens is 2. The summed E-state index contributed by atoms with van der Waals surface area (Å²) in [6, 6.07) is 12.1. The number of fused-ring (bicyclic) bond motifs is 1. The van der Waals surface area contributed by atoms with Crippen molar-refractivity contribution in [3.8, 4) is 0 Å². The van der Waals surface area contributed by atoms with Crippen LogP contribution in [-0.2, 0) is 6.54 Å². The molecule has 6 nitrogen and oxygen atoms in total. The number of rotatable bonds is 3. The topological polar surface area (TPSA) is 65.4 Å². The van der Waals surface area contributed by atoms with E-state index in [1.54, 1.807) is 17.5 Å². The lowest BCUT2D eigenvalue weighted by molar-refractivity contribution is 0.256. The first-order chi connectivity index (χ1) is 11.4. The zero-order chi connectivity index (χ0) is 15.5. The highest BCUT2D eigenvalue weighted by atomic mass is 32.1. The average molecular weight is 324 g/mol. The van der Waals surface area contributed by atoms with E-state index in [-0.39, 0.29) is 0 Å². The summed E-state index contributed by atoms with van der Waals surface area (Å²) in [6.07, 6.45) is 3.68. The van der Waals surface area contributed by atoms with Gasteiger partial charge in [-0.15, -0.1) is 0 Å². The fourth-order valence-corrected chi connectivity index (χ4v) is 3.29. The first-order valence-electron chi connectivity index (χ1n) is 7.39.